The number of carbonyl (C=O) groups is 2. The Morgan fingerprint density at radius 3 is 2.59 bits per heavy atom. The number of tetrazole rings is 1. The van der Waals surface area contributed by atoms with Gasteiger partial charge in [0, 0.05) is 11.6 Å². The van der Waals surface area contributed by atoms with Gasteiger partial charge in [-0.25, -0.2) is 9.48 Å². The van der Waals surface area contributed by atoms with Crippen molar-refractivity contribution in [3.63, 3.8) is 0 Å². The van der Waals surface area contributed by atoms with Crippen LogP contribution in [0.1, 0.15) is 50.6 Å². The van der Waals surface area contributed by atoms with E-state index in [0.717, 1.165) is 17.5 Å². The Balaban J connectivity index is 1.48. The quantitative estimate of drug-likeness (QED) is 0.712. The molecule has 2 atom stereocenters. The fraction of sp³-hybridized carbons (Fsp3) is 0.550. The summed E-state index contributed by atoms with van der Waals surface area (Å²) in [6.45, 7) is 4.10. The van der Waals surface area contributed by atoms with E-state index in [1.54, 1.807) is 0 Å². The van der Waals surface area contributed by atoms with Gasteiger partial charge in [0.25, 0.3) is 0 Å². The van der Waals surface area contributed by atoms with Gasteiger partial charge in [0.2, 0.25) is 0 Å². The predicted octanol–water partition coefficient (Wildman–Crippen LogP) is 2.99. The number of carboxylic acid groups (broad SMARTS) is 1. The van der Waals surface area contributed by atoms with Crippen LogP contribution in [0.25, 0.3) is 11.4 Å². The summed E-state index contributed by atoms with van der Waals surface area (Å²) in [5.41, 5.74) is 2.40. The average molecular weight is 398 g/mol. The molecule has 0 spiro atoms. The molecule has 1 aromatic heterocycles. The molecule has 9 nitrogen and oxygen atoms in total. The molecule has 4 rings (SSSR count). The number of urea groups is 1. The number of hydrogen-bond donors (Lipinski definition) is 3. The zero-order valence-electron chi connectivity index (χ0n) is 16.6. The van der Waals surface area contributed by atoms with Crippen molar-refractivity contribution in [3.8, 4) is 11.4 Å². The molecule has 0 unspecified atom stereocenters. The Hall–Kier alpha value is -2.97. The molecule has 29 heavy (non-hydrogen) atoms. The number of carboxylic acids is 1. The molecule has 2 fully saturated rings. The Bertz CT molecular complexity index is 919. The van der Waals surface area contributed by atoms with Crippen molar-refractivity contribution in [1.82, 2.24) is 25.5 Å². The second kappa shape index (κ2) is 7.81. The van der Waals surface area contributed by atoms with Crippen LogP contribution in [0.4, 0.5) is 10.5 Å². The lowest BCUT2D eigenvalue weighted by Gasteiger charge is -2.27. The fourth-order valence-electron chi connectivity index (χ4n) is 4.08. The third kappa shape index (κ3) is 4.08. The van der Waals surface area contributed by atoms with Gasteiger partial charge in [-0.3, -0.25) is 4.79 Å². The average Bonchev–Trinajstić information content (AvgIpc) is 3.22. The standard InChI is InChI=1S/C20H26N6O3/c1-11-4-3-5-15(18-23-24-25-26(18)16-10-12(16)2)17(11)22-20(29)21-14-8-6-13(7-9-14)19(27)28/h3-5,12-14,16H,6-10H2,1-2H3,(H,27,28)(H2,21,22,29)/t12-,13?,14?,16-/m1/s1. The number of carbonyl (C=O) groups excluding carboxylic acids is 1. The van der Waals surface area contributed by atoms with Crippen LogP contribution in [0, 0.1) is 18.8 Å². The Labute approximate surface area is 168 Å². The number of aromatic nitrogens is 4. The van der Waals surface area contributed by atoms with Gasteiger partial charge >= 0.3 is 12.0 Å². The number of rotatable bonds is 5. The predicted molar refractivity (Wildman–Crippen MR) is 106 cm³/mol. The summed E-state index contributed by atoms with van der Waals surface area (Å²) in [5, 5.41) is 27.3. The summed E-state index contributed by atoms with van der Waals surface area (Å²) in [5.74, 6) is 0.144. The normalized spacial score (nSPS) is 26.0. The molecular formula is C20H26N6O3. The first-order valence-corrected chi connectivity index (χ1v) is 10.1. The van der Waals surface area contributed by atoms with E-state index < -0.39 is 5.97 Å². The molecule has 9 heteroatoms. The summed E-state index contributed by atoms with van der Waals surface area (Å²) in [6, 6.07) is 5.76. The Morgan fingerprint density at radius 2 is 1.93 bits per heavy atom. The maximum atomic E-state index is 12.7. The van der Waals surface area contributed by atoms with Gasteiger partial charge in [-0.2, -0.15) is 0 Å². The van der Waals surface area contributed by atoms with Gasteiger partial charge in [-0.05, 0) is 67.0 Å². The summed E-state index contributed by atoms with van der Waals surface area (Å²) in [7, 11) is 0. The molecule has 0 aliphatic heterocycles. The SMILES string of the molecule is Cc1cccc(-c2nnnn2[C@@H]2C[C@H]2C)c1NC(=O)NC1CCC(C(=O)O)CC1. The highest BCUT2D eigenvalue weighted by Gasteiger charge is 2.38. The first-order valence-electron chi connectivity index (χ1n) is 10.1. The van der Waals surface area contributed by atoms with Crippen LogP contribution in [0.5, 0.6) is 0 Å². The lowest BCUT2D eigenvalue weighted by Crippen LogP contribution is -2.41. The number of para-hydroxylation sites is 1. The first kappa shape index (κ1) is 19.4. The minimum Gasteiger partial charge on any atom is -0.481 e. The van der Waals surface area contributed by atoms with Crippen molar-refractivity contribution in [2.45, 2.75) is 58.0 Å². The molecule has 3 N–H and O–H groups in total. The minimum atomic E-state index is -0.750. The second-order valence-corrected chi connectivity index (χ2v) is 8.21. The molecule has 0 saturated heterocycles. The molecule has 2 aliphatic rings. The molecule has 154 valence electrons. The lowest BCUT2D eigenvalue weighted by molar-refractivity contribution is -0.142. The van der Waals surface area contributed by atoms with E-state index in [-0.39, 0.29) is 18.0 Å². The van der Waals surface area contributed by atoms with Gasteiger partial charge in [0.05, 0.1) is 17.6 Å². The molecule has 0 radical (unpaired) electrons. The van der Waals surface area contributed by atoms with E-state index in [1.165, 1.54) is 0 Å². The smallest absolute Gasteiger partial charge is 0.319 e. The highest BCUT2D eigenvalue weighted by molar-refractivity contribution is 5.95. The van der Waals surface area contributed by atoms with Crippen molar-refractivity contribution in [2.24, 2.45) is 11.8 Å². The van der Waals surface area contributed by atoms with E-state index in [9.17, 15) is 9.59 Å². The number of anilines is 1. The number of nitrogens with one attached hydrogen (secondary N) is 2. The number of aryl methyl sites for hydroxylation is 1. The van der Waals surface area contributed by atoms with Crippen molar-refractivity contribution in [1.29, 1.82) is 0 Å². The van der Waals surface area contributed by atoms with E-state index in [1.807, 2.05) is 29.8 Å². The summed E-state index contributed by atoms with van der Waals surface area (Å²) >= 11 is 0. The summed E-state index contributed by atoms with van der Waals surface area (Å²) in [4.78, 5) is 23.8. The van der Waals surface area contributed by atoms with Crippen LogP contribution in [-0.4, -0.2) is 43.4 Å². The molecule has 2 aliphatic carbocycles. The van der Waals surface area contributed by atoms with Crippen molar-refractivity contribution >= 4 is 17.7 Å². The van der Waals surface area contributed by atoms with Crippen LogP contribution >= 0.6 is 0 Å². The van der Waals surface area contributed by atoms with Crippen LogP contribution in [0.3, 0.4) is 0 Å². The van der Waals surface area contributed by atoms with Crippen molar-refractivity contribution < 1.29 is 14.7 Å². The van der Waals surface area contributed by atoms with Crippen LogP contribution < -0.4 is 10.6 Å². The maximum Gasteiger partial charge on any atom is 0.319 e. The number of aliphatic carboxylic acids is 1. The monoisotopic (exact) mass is 398 g/mol. The van der Waals surface area contributed by atoms with E-state index >= 15 is 0 Å². The Morgan fingerprint density at radius 1 is 1.21 bits per heavy atom. The number of hydrogen-bond acceptors (Lipinski definition) is 5. The largest absolute Gasteiger partial charge is 0.481 e. The molecule has 2 saturated carbocycles. The highest BCUT2D eigenvalue weighted by Crippen LogP contribution is 2.44. The molecule has 2 amide bonds. The maximum absolute atomic E-state index is 12.7. The van der Waals surface area contributed by atoms with Crippen molar-refractivity contribution in [3.05, 3.63) is 23.8 Å². The van der Waals surface area contributed by atoms with Gasteiger partial charge < -0.3 is 15.7 Å². The van der Waals surface area contributed by atoms with E-state index in [4.69, 9.17) is 5.11 Å². The van der Waals surface area contributed by atoms with Gasteiger partial charge in [0.15, 0.2) is 5.82 Å². The third-order valence-corrected chi connectivity index (χ3v) is 6.04. The van der Waals surface area contributed by atoms with Crippen LogP contribution in [0.2, 0.25) is 0 Å². The highest BCUT2D eigenvalue weighted by atomic mass is 16.4. The molecule has 1 heterocycles. The van der Waals surface area contributed by atoms with Crippen LogP contribution in [0.15, 0.2) is 18.2 Å². The zero-order valence-corrected chi connectivity index (χ0v) is 16.6. The molecule has 2 aromatic rings. The molecule has 0 bridgehead atoms. The summed E-state index contributed by atoms with van der Waals surface area (Å²) in [6.07, 6.45) is 3.56. The summed E-state index contributed by atoms with van der Waals surface area (Å²) < 4.78 is 1.84. The van der Waals surface area contributed by atoms with E-state index in [0.29, 0.717) is 49.2 Å². The molecular weight excluding hydrogens is 372 g/mol. The zero-order chi connectivity index (χ0) is 20.5. The van der Waals surface area contributed by atoms with Gasteiger partial charge in [0.1, 0.15) is 0 Å². The van der Waals surface area contributed by atoms with E-state index in [2.05, 4.69) is 33.1 Å². The van der Waals surface area contributed by atoms with Gasteiger partial charge in [-0.15, -0.1) is 5.10 Å². The number of benzene rings is 1. The third-order valence-electron chi connectivity index (χ3n) is 6.04. The molecule has 1 aromatic carbocycles. The van der Waals surface area contributed by atoms with Gasteiger partial charge in [-0.1, -0.05) is 19.1 Å². The van der Waals surface area contributed by atoms with Crippen molar-refractivity contribution in [2.75, 3.05) is 5.32 Å². The first-order chi connectivity index (χ1) is 13.9. The minimum absolute atomic E-state index is 0.0179. The fourth-order valence-corrected chi connectivity index (χ4v) is 4.08. The number of nitrogens with zero attached hydrogens (tertiary/aromatic N) is 4. The van der Waals surface area contributed by atoms with Crippen LogP contribution in [-0.2, 0) is 4.79 Å². The number of amides is 2. The Kier molecular flexibility index (Phi) is 5.21. The second-order valence-electron chi connectivity index (χ2n) is 8.21. The topological polar surface area (TPSA) is 122 Å². The lowest BCUT2D eigenvalue weighted by atomic mass is 9.86.